The molecule has 0 aliphatic carbocycles. The highest BCUT2D eigenvalue weighted by Crippen LogP contribution is 2.24. The zero-order chi connectivity index (χ0) is 20.1. The summed E-state index contributed by atoms with van der Waals surface area (Å²) < 4.78 is 5.46. The summed E-state index contributed by atoms with van der Waals surface area (Å²) in [7, 11) is 1.69. The van der Waals surface area contributed by atoms with E-state index in [-0.39, 0.29) is 0 Å². The lowest BCUT2D eigenvalue weighted by molar-refractivity contribution is 0.410. The summed E-state index contributed by atoms with van der Waals surface area (Å²) in [5, 5.41) is 7.79. The van der Waals surface area contributed by atoms with Crippen LogP contribution in [0.25, 0.3) is 10.9 Å². The van der Waals surface area contributed by atoms with Crippen LogP contribution in [0.1, 0.15) is 16.7 Å². The molecule has 0 aliphatic rings. The number of nitrogens with zero attached hydrogens (tertiary/aromatic N) is 2. The Labute approximate surface area is 170 Å². The van der Waals surface area contributed by atoms with Crippen molar-refractivity contribution < 1.29 is 4.74 Å². The van der Waals surface area contributed by atoms with Crippen molar-refractivity contribution in [3.63, 3.8) is 0 Å². The molecule has 29 heavy (non-hydrogen) atoms. The predicted molar refractivity (Wildman–Crippen MR) is 118 cm³/mol. The highest BCUT2D eigenvalue weighted by atomic mass is 16.5. The van der Waals surface area contributed by atoms with Crippen LogP contribution < -0.4 is 15.4 Å². The van der Waals surface area contributed by atoms with Crippen molar-refractivity contribution >= 4 is 22.7 Å². The van der Waals surface area contributed by atoms with Crippen LogP contribution in [0, 0.1) is 6.92 Å². The van der Waals surface area contributed by atoms with Gasteiger partial charge in [-0.25, -0.2) is 4.98 Å². The number of hydrogen-bond donors (Lipinski definition) is 2. The van der Waals surface area contributed by atoms with E-state index in [9.17, 15) is 0 Å². The zero-order valence-electron chi connectivity index (χ0n) is 16.6. The Hall–Kier alpha value is -3.60. The lowest BCUT2D eigenvalue weighted by Crippen LogP contribution is -2.08. The molecule has 4 rings (SSSR count). The number of benzene rings is 3. The largest absolute Gasteiger partial charge is 0.496 e. The minimum Gasteiger partial charge on any atom is -0.496 e. The Bertz CT molecular complexity index is 1110. The Morgan fingerprint density at radius 3 is 2.38 bits per heavy atom. The lowest BCUT2D eigenvalue weighted by Gasteiger charge is -2.13. The van der Waals surface area contributed by atoms with Crippen molar-refractivity contribution in [3.05, 3.63) is 89.5 Å². The van der Waals surface area contributed by atoms with Gasteiger partial charge in [0.2, 0.25) is 5.95 Å². The Morgan fingerprint density at radius 1 is 0.793 bits per heavy atom. The number of aryl methyl sites for hydroxylation is 1. The van der Waals surface area contributed by atoms with E-state index in [2.05, 4.69) is 46.8 Å². The van der Waals surface area contributed by atoms with Gasteiger partial charge in [-0.3, -0.25) is 0 Å². The number of nitrogens with one attached hydrogen (secondary N) is 2. The summed E-state index contributed by atoms with van der Waals surface area (Å²) in [6, 6.07) is 24.5. The molecule has 0 fully saturated rings. The fraction of sp³-hybridized carbons (Fsp3) is 0.167. The highest BCUT2D eigenvalue weighted by molar-refractivity contribution is 5.90. The maximum atomic E-state index is 5.46. The summed E-state index contributed by atoms with van der Waals surface area (Å²) in [6.45, 7) is 3.37. The second kappa shape index (κ2) is 8.61. The van der Waals surface area contributed by atoms with E-state index in [4.69, 9.17) is 9.72 Å². The summed E-state index contributed by atoms with van der Waals surface area (Å²) in [4.78, 5) is 9.40. The van der Waals surface area contributed by atoms with Gasteiger partial charge in [-0.1, -0.05) is 60.2 Å². The van der Waals surface area contributed by atoms with Gasteiger partial charge in [0, 0.05) is 24.0 Å². The Balaban J connectivity index is 1.57. The van der Waals surface area contributed by atoms with Crippen molar-refractivity contribution in [3.8, 4) is 5.75 Å². The molecule has 1 heterocycles. The summed E-state index contributed by atoms with van der Waals surface area (Å²) in [5.74, 6) is 2.26. The molecule has 4 aromatic rings. The molecular formula is C24H24N4O. The van der Waals surface area contributed by atoms with Crippen LogP contribution in [0.5, 0.6) is 5.75 Å². The van der Waals surface area contributed by atoms with Crippen molar-refractivity contribution in [1.82, 2.24) is 9.97 Å². The first kappa shape index (κ1) is 18.7. The molecule has 0 bridgehead atoms. The molecule has 0 unspecified atom stereocenters. The number of ether oxygens (including phenoxy) is 1. The molecule has 2 N–H and O–H groups in total. The SMILES string of the molecule is COc1ccccc1CNc1nc(NCc2ccc(C)cc2)nc2ccccc12. The Kier molecular flexibility index (Phi) is 5.56. The Morgan fingerprint density at radius 2 is 1.55 bits per heavy atom. The van der Waals surface area contributed by atoms with Crippen molar-refractivity contribution in [2.24, 2.45) is 0 Å². The maximum absolute atomic E-state index is 5.46. The minimum atomic E-state index is 0.604. The monoisotopic (exact) mass is 384 g/mol. The topological polar surface area (TPSA) is 59.1 Å². The third kappa shape index (κ3) is 4.46. The van der Waals surface area contributed by atoms with Gasteiger partial charge >= 0.3 is 0 Å². The van der Waals surface area contributed by atoms with Crippen LogP contribution in [-0.4, -0.2) is 17.1 Å². The van der Waals surface area contributed by atoms with E-state index in [0.29, 0.717) is 19.0 Å². The van der Waals surface area contributed by atoms with Gasteiger partial charge in [0.1, 0.15) is 11.6 Å². The summed E-state index contributed by atoms with van der Waals surface area (Å²) in [5.41, 5.74) is 4.41. The van der Waals surface area contributed by atoms with Gasteiger partial charge in [0.05, 0.1) is 12.6 Å². The number of fused-ring (bicyclic) bond motifs is 1. The van der Waals surface area contributed by atoms with Crippen LogP contribution >= 0.6 is 0 Å². The molecule has 0 amide bonds. The van der Waals surface area contributed by atoms with Gasteiger partial charge < -0.3 is 15.4 Å². The molecule has 0 radical (unpaired) electrons. The van der Waals surface area contributed by atoms with E-state index < -0.39 is 0 Å². The zero-order valence-corrected chi connectivity index (χ0v) is 16.6. The molecule has 5 heteroatoms. The van der Waals surface area contributed by atoms with Gasteiger partial charge in [-0.05, 0) is 30.7 Å². The van der Waals surface area contributed by atoms with E-state index in [1.165, 1.54) is 11.1 Å². The number of rotatable bonds is 7. The summed E-state index contributed by atoms with van der Waals surface area (Å²) in [6.07, 6.45) is 0. The standard InChI is InChI=1S/C24H24N4O/c1-17-11-13-18(14-12-17)15-26-24-27-21-9-5-4-8-20(21)23(28-24)25-16-19-7-3-6-10-22(19)29-2/h3-14H,15-16H2,1-2H3,(H2,25,26,27,28). The molecule has 146 valence electrons. The third-order valence-electron chi connectivity index (χ3n) is 4.81. The number of anilines is 2. The average Bonchev–Trinajstić information content (AvgIpc) is 2.77. The smallest absolute Gasteiger partial charge is 0.225 e. The van der Waals surface area contributed by atoms with Crippen LogP contribution in [0.4, 0.5) is 11.8 Å². The first-order valence-electron chi connectivity index (χ1n) is 9.65. The lowest BCUT2D eigenvalue weighted by atomic mass is 10.1. The van der Waals surface area contributed by atoms with Crippen LogP contribution in [-0.2, 0) is 13.1 Å². The van der Waals surface area contributed by atoms with Gasteiger partial charge in [0.25, 0.3) is 0 Å². The molecule has 0 saturated heterocycles. The molecule has 0 aliphatic heterocycles. The van der Waals surface area contributed by atoms with Gasteiger partial charge in [-0.2, -0.15) is 4.98 Å². The molecule has 1 aromatic heterocycles. The van der Waals surface area contributed by atoms with E-state index in [0.717, 1.165) is 28.0 Å². The first-order chi connectivity index (χ1) is 14.2. The minimum absolute atomic E-state index is 0.604. The summed E-state index contributed by atoms with van der Waals surface area (Å²) >= 11 is 0. The second-order valence-electron chi connectivity index (χ2n) is 6.92. The molecular weight excluding hydrogens is 360 g/mol. The fourth-order valence-corrected chi connectivity index (χ4v) is 3.21. The van der Waals surface area contributed by atoms with Crippen molar-refractivity contribution in [1.29, 1.82) is 0 Å². The number of methoxy groups -OCH3 is 1. The highest BCUT2D eigenvalue weighted by Gasteiger charge is 2.09. The van der Waals surface area contributed by atoms with Crippen LogP contribution in [0.3, 0.4) is 0 Å². The van der Waals surface area contributed by atoms with Gasteiger partial charge in [-0.15, -0.1) is 0 Å². The predicted octanol–water partition coefficient (Wildman–Crippen LogP) is 5.17. The van der Waals surface area contributed by atoms with E-state index in [1.807, 2.05) is 48.5 Å². The average molecular weight is 384 g/mol. The first-order valence-corrected chi connectivity index (χ1v) is 9.65. The van der Waals surface area contributed by atoms with Gasteiger partial charge in [0.15, 0.2) is 0 Å². The quantitative estimate of drug-likeness (QED) is 0.460. The second-order valence-corrected chi connectivity index (χ2v) is 6.92. The van der Waals surface area contributed by atoms with Crippen molar-refractivity contribution in [2.45, 2.75) is 20.0 Å². The number of hydrogen-bond acceptors (Lipinski definition) is 5. The molecule has 3 aromatic carbocycles. The number of para-hydroxylation sites is 2. The van der Waals surface area contributed by atoms with E-state index >= 15 is 0 Å². The molecule has 5 nitrogen and oxygen atoms in total. The molecule has 0 spiro atoms. The molecule has 0 saturated carbocycles. The van der Waals surface area contributed by atoms with E-state index in [1.54, 1.807) is 7.11 Å². The number of aromatic nitrogens is 2. The van der Waals surface area contributed by atoms with Crippen LogP contribution in [0.2, 0.25) is 0 Å². The third-order valence-corrected chi connectivity index (χ3v) is 4.81. The molecule has 0 atom stereocenters. The normalized spacial score (nSPS) is 10.7. The maximum Gasteiger partial charge on any atom is 0.225 e. The van der Waals surface area contributed by atoms with Crippen molar-refractivity contribution in [2.75, 3.05) is 17.7 Å². The fourth-order valence-electron chi connectivity index (χ4n) is 3.21. The van der Waals surface area contributed by atoms with Crippen LogP contribution in [0.15, 0.2) is 72.8 Å².